The molecule has 0 saturated heterocycles. The highest BCUT2D eigenvalue weighted by molar-refractivity contribution is 5.96. The molecule has 1 atom stereocenters. The van der Waals surface area contributed by atoms with Gasteiger partial charge in [0.15, 0.2) is 0 Å². The molecule has 6 N–H and O–H groups in total. The summed E-state index contributed by atoms with van der Waals surface area (Å²) in [6.45, 7) is 0.476. The van der Waals surface area contributed by atoms with Crippen LogP contribution in [0.25, 0.3) is 10.9 Å². The molecule has 2 aromatic carbocycles. The number of aliphatic carboxylic acids is 2. The van der Waals surface area contributed by atoms with Crippen molar-refractivity contribution in [3.8, 4) is 0 Å². The highest BCUT2D eigenvalue weighted by Gasteiger charge is 2.21. The van der Waals surface area contributed by atoms with Crippen LogP contribution in [0.5, 0.6) is 0 Å². The zero-order valence-electron chi connectivity index (χ0n) is 17.7. The second-order valence-corrected chi connectivity index (χ2v) is 7.50. The molecule has 0 saturated carbocycles. The van der Waals surface area contributed by atoms with Gasteiger partial charge < -0.3 is 26.2 Å². The number of aromatic nitrogens is 2. The molecule has 1 unspecified atom stereocenters. The van der Waals surface area contributed by atoms with Gasteiger partial charge in [0.2, 0.25) is 5.95 Å². The van der Waals surface area contributed by atoms with Crippen molar-refractivity contribution in [2.45, 2.75) is 25.4 Å². The van der Waals surface area contributed by atoms with Crippen LogP contribution in [0.2, 0.25) is 0 Å². The lowest BCUT2D eigenvalue weighted by atomic mass is 10.1. The smallest absolute Gasteiger partial charge is 0.326 e. The van der Waals surface area contributed by atoms with Gasteiger partial charge in [0, 0.05) is 31.3 Å². The number of rotatable bonds is 9. The van der Waals surface area contributed by atoms with Crippen molar-refractivity contribution in [3.05, 3.63) is 63.9 Å². The lowest BCUT2D eigenvalue weighted by Crippen LogP contribution is -2.41. The lowest BCUT2D eigenvalue weighted by molar-refractivity contribution is -0.140. The number of fused-ring (bicyclic) bond motifs is 1. The van der Waals surface area contributed by atoms with Crippen molar-refractivity contribution in [1.29, 1.82) is 0 Å². The molecule has 11 heteroatoms. The van der Waals surface area contributed by atoms with Gasteiger partial charge in [-0.05, 0) is 42.3 Å². The number of carboxylic acids is 2. The molecule has 0 spiro atoms. The highest BCUT2D eigenvalue weighted by atomic mass is 16.4. The largest absolute Gasteiger partial charge is 0.481 e. The number of nitrogen functional groups attached to an aromatic ring is 1. The number of anilines is 2. The number of carboxylic acid groups (broad SMARTS) is 2. The Hall–Kier alpha value is -4.41. The van der Waals surface area contributed by atoms with E-state index in [1.807, 2.05) is 18.0 Å². The van der Waals surface area contributed by atoms with Gasteiger partial charge in [-0.15, -0.1) is 0 Å². The molecular formula is C22H23N5O6. The number of hydrogen-bond donors (Lipinski definition) is 5. The summed E-state index contributed by atoms with van der Waals surface area (Å²) in [5, 5.41) is 20.7. The minimum atomic E-state index is -1.30. The van der Waals surface area contributed by atoms with E-state index < -0.39 is 23.9 Å². The summed E-state index contributed by atoms with van der Waals surface area (Å²) in [4.78, 5) is 54.9. The molecule has 0 aliphatic heterocycles. The summed E-state index contributed by atoms with van der Waals surface area (Å²) in [7, 11) is 1.85. The Kier molecular flexibility index (Phi) is 6.91. The molecule has 3 rings (SSSR count). The maximum atomic E-state index is 12.4. The molecule has 0 radical (unpaired) electrons. The van der Waals surface area contributed by atoms with E-state index in [2.05, 4.69) is 15.3 Å². The second kappa shape index (κ2) is 9.81. The van der Waals surface area contributed by atoms with Crippen LogP contribution in [0.3, 0.4) is 0 Å². The van der Waals surface area contributed by atoms with E-state index >= 15 is 0 Å². The van der Waals surface area contributed by atoms with Crippen LogP contribution in [0, 0.1) is 0 Å². The van der Waals surface area contributed by atoms with Crippen molar-refractivity contribution in [3.63, 3.8) is 0 Å². The highest BCUT2D eigenvalue weighted by Crippen LogP contribution is 2.20. The number of aromatic amines is 1. The minimum Gasteiger partial charge on any atom is -0.481 e. The number of carbonyl (C=O) groups excluding carboxylic acids is 1. The number of hydrogen-bond acceptors (Lipinski definition) is 7. The Morgan fingerprint density at radius 1 is 1.15 bits per heavy atom. The lowest BCUT2D eigenvalue weighted by Gasteiger charge is -2.20. The molecule has 3 aromatic rings. The Bertz CT molecular complexity index is 1250. The Labute approximate surface area is 187 Å². The predicted molar refractivity (Wildman–Crippen MR) is 121 cm³/mol. The summed E-state index contributed by atoms with van der Waals surface area (Å²) in [6.07, 6.45) is -0.581. The molecule has 172 valence electrons. The maximum absolute atomic E-state index is 12.4. The minimum absolute atomic E-state index is 0.0503. The van der Waals surface area contributed by atoms with E-state index in [4.69, 9.17) is 10.8 Å². The topological polar surface area (TPSA) is 179 Å². The number of carbonyl (C=O) groups is 3. The molecule has 0 aliphatic rings. The van der Waals surface area contributed by atoms with Crippen LogP contribution >= 0.6 is 0 Å². The first-order valence-corrected chi connectivity index (χ1v) is 9.99. The average Bonchev–Trinajstić information content (AvgIpc) is 2.76. The predicted octanol–water partition coefficient (Wildman–Crippen LogP) is 1.19. The van der Waals surface area contributed by atoms with Crippen molar-refractivity contribution in [2.24, 2.45) is 0 Å². The van der Waals surface area contributed by atoms with Gasteiger partial charge in [0.05, 0.1) is 10.9 Å². The first-order valence-electron chi connectivity index (χ1n) is 9.99. The van der Waals surface area contributed by atoms with Gasteiger partial charge in [-0.3, -0.25) is 19.4 Å². The number of H-pyrrole nitrogens is 1. The third-order valence-electron chi connectivity index (χ3n) is 5.03. The van der Waals surface area contributed by atoms with E-state index in [1.54, 1.807) is 36.4 Å². The van der Waals surface area contributed by atoms with Crippen molar-refractivity contribution in [2.75, 3.05) is 17.7 Å². The molecule has 0 fully saturated rings. The molecular weight excluding hydrogens is 430 g/mol. The molecule has 1 heterocycles. The summed E-state index contributed by atoms with van der Waals surface area (Å²) < 4.78 is 0. The zero-order valence-corrected chi connectivity index (χ0v) is 17.7. The Morgan fingerprint density at radius 2 is 1.85 bits per heavy atom. The zero-order chi connectivity index (χ0) is 24.1. The fraction of sp³-hybridized carbons (Fsp3) is 0.227. The molecule has 0 bridgehead atoms. The van der Waals surface area contributed by atoms with Crippen LogP contribution in [-0.4, -0.2) is 51.1 Å². The SMILES string of the molecule is CN(Cc1ccc(C(=O)NC(CCC(=O)O)C(=O)O)cc1)c1ccc2nc(N)[nH]c(=O)c2c1. The van der Waals surface area contributed by atoms with E-state index in [0.717, 1.165) is 11.3 Å². The van der Waals surface area contributed by atoms with Crippen LogP contribution in [0.15, 0.2) is 47.3 Å². The molecule has 33 heavy (non-hydrogen) atoms. The summed E-state index contributed by atoms with van der Waals surface area (Å²) in [5.41, 5.74) is 7.64. The van der Waals surface area contributed by atoms with Gasteiger partial charge in [-0.25, -0.2) is 9.78 Å². The second-order valence-electron chi connectivity index (χ2n) is 7.50. The number of nitrogens with two attached hydrogens (primary N) is 1. The summed E-state index contributed by atoms with van der Waals surface area (Å²) in [6, 6.07) is 10.5. The Balaban J connectivity index is 1.68. The van der Waals surface area contributed by atoms with Crippen LogP contribution < -0.4 is 21.5 Å². The van der Waals surface area contributed by atoms with E-state index in [1.165, 1.54) is 0 Å². The molecule has 0 aliphatic carbocycles. The quantitative estimate of drug-likeness (QED) is 0.318. The number of nitrogens with zero attached hydrogens (tertiary/aromatic N) is 2. The van der Waals surface area contributed by atoms with Crippen molar-refractivity contribution >= 4 is 40.4 Å². The van der Waals surface area contributed by atoms with Gasteiger partial charge in [-0.2, -0.15) is 0 Å². The van der Waals surface area contributed by atoms with Gasteiger partial charge in [-0.1, -0.05) is 12.1 Å². The summed E-state index contributed by atoms with van der Waals surface area (Å²) >= 11 is 0. The fourth-order valence-electron chi connectivity index (χ4n) is 3.28. The van der Waals surface area contributed by atoms with Gasteiger partial charge in [0.25, 0.3) is 11.5 Å². The summed E-state index contributed by atoms with van der Waals surface area (Å²) in [5.74, 6) is -2.99. The number of nitrogens with one attached hydrogen (secondary N) is 2. The van der Waals surface area contributed by atoms with Crippen molar-refractivity contribution in [1.82, 2.24) is 15.3 Å². The average molecular weight is 453 g/mol. The maximum Gasteiger partial charge on any atom is 0.326 e. The van der Waals surface area contributed by atoms with Gasteiger partial charge in [0.1, 0.15) is 6.04 Å². The molecule has 11 nitrogen and oxygen atoms in total. The number of amides is 1. The molecule has 1 aromatic heterocycles. The number of benzene rings is 2. The Morgan fingerprint density at radius 3 is 2.48 bits per heavy atom. The van der Waals surface area contributed by atoms with E-state index in [9.17, 15) is 24.3 Å². The monoisotopic (exact) mass is 453 g/mol. The third kappa shape index (κ3) is 5.85. The van der Waals surface area contributed by atoms with Gasteiger partial charge >= 0.3 is 11.9 Å². The normalized spacial score (nSPS) is 11.7. The van der Waals surface area contributed by atoms with Crippen molar-refractivity contribution < 1.29 is 24.6 Å². The fourth-order valence-corrected chi connectivity index (χ4v) is 3.28. The van der Waals surface area contributed by atoms with Crippen LogP contribution in [0.1, 0.15) is 28.8 Å². The first kappa shape index (κ1) is 23.3. The third-order valence-corrected chi connectivity index (χ3v) is 5.03. The van der Waals surface area contributed by atoms with Crippen LogP contribution in [-0.2, 0) is 16.1 Å². The van der Waals surface area contributed by atoms with Crippen LogP contribution in [0.4, 0.5) is 11.6 Å². The van der Waals surface area contributed by atoms with E-state index in [-0.39, 0.29) is 29.9 Å². The molecule has 1 amide bonds. The first-order chi connectivity index (χ1) is 15.6. The standard InChI is InChI=1S/C22H23N5O6/c1-27(14-6-7-16-15(10-14)20(31)26-22(23)25-16)11-12-2-4-13(5-3-12)19(30)24-17(21(32)33)8-9-18(28)29/h2-7,10,17H,8-9,11H2,1H3,(H,24,30)(H,28,29)(H,32,33)(H3,23,25,26,31). The van der Waals surface area contributed by atoms with E-state index in [0.29, 0.717) is 17.4 Å².